The summed E-state index contributed by atoms with van der Waals surface area (Å²) in [6.07, 6.45) is 5.10. The van der Waals surface area contributed by atoms with Gasteiger partial charge in [0.1, 0.15) is 0 Å². The number of fused-ring (bicyclic) bond motifs is 6. The van der Waals surface area contributed by atoms with Crippen molar-refractivity contribution in [2.45, 2.75) is 42.2 Å². The molecule has 0 amide bonds. The first-order valence-electron chi connectivity index (χ1n) is 12.4. The Kier molecular flexibility index (Phi) is 6.24. The summed E-state index contributed by atoms with van der Waals surface area (Å²) in [5.41, 5.74) is 9.57. The molecular formula is C32H30Cl2Zr. The fourth-order valence-electron chi connectivity index (χ4n) is 7.95. The van der Waals surface area contributed by atoms with E-state index in [1.54, 1.807) is 22.3 Å². The molecule has 2 aliphatic carbocycles. The summed E-state index contributed by atoms with van der Waals surface area (Å²) in [5.74, 6) is 0. The molecule has 4 atom stereocenters. The van der Waals surface area contributed by atoms with Gasteiger partial charge in [-0.15, -0.1) is 0 Å². The van der Waals surface area contributed by atoms with Gasteiger partial charge in [-0.25, -0.2) is 0 Å². The summed E-state index contributed by atoms with van der Waals surface area (Å²) in [5, 5.41) is 5.61. The second-order valence-electron chi connectivity index (χ2n) is 10.8. The van der Waals surface area contributed by atoms with Crippen LogP contribution in [0, 0.1) is 0 Å². The predicted molar refractivity (Wildman–Crippen MR) is 140 cm³/mol. The molecule has 1 saturated heterocycles. The molecule has 0 radical (unpaired) electrons. The van der Waals surface area contributed by atoms with E-state index < -0.39 is 20.3 Å². The van der Waals surface area contributed by atoms with Gasteiger partial charge in [0.05, 0.1) is 0 Å². The minimum absolute atomic E-state index is 0. The first kappa shape index (κ1) is 25.0. The molecule has 4 aromatic carbocycles. The van der Waals surface area contributed by atoms with E-state index in [0.717, 1.165) is 7.25 Å². The molecule has 1 aliphatic heterocycles. The Hall–Kier alpha value is -1.66. The van der Waals surface area contributed by atoms with Crippen molar-refractivity contribution in [3.63, 3.8) is 0 Å². The number of benzene rings is 4. The van der Waals surface area contributed by atoms with Crippen molar-refractivity contribution in [2.24, 2.45) is 0 Å². The third-order valence-corrected chi connectivity index (χ3v) is 27.5. The topological polar surface area (TPSA) is 0 Å². The van der Waals surface area contributed by atoms with Crippen molar-refractivity contribution < 1.29 is 45.1 Å². The first-order valence-corrected chi connectivity index (χ1v) is 18.1. The summed E-state index contributed by atoms with van der Waals surface area (Å²) in [6, 6.07) is 27.6. The van der Waals surface area contributed by atoms with Crippen molar-refractivity contribution in [3.05, 3.63) is 106 Å². The SMILES string of the molecule is CC1=Cc2c(ccc3ccccc23)[CH]1[Zr+2]1([CH]2C(C)=Cc3c2ccc2ccccc32)[C@H](C)[C@H]1C.[Cl-].[Cl-]. The van der Waals surface area contributed by atoms with Crippen LogP contribution in [-0.2, 0) is 20.3 Å². The molecule has 176 valence electrons. The molecule has 0 bridgehead atoms. The molecule has 2 unspecified atom stereocenters. The van der Waals surface area contributed by atoms with Crippen LogP contribution in [0.5, 0.6) is 0 Å². The van der Waals surface area contributed by atoms with Crippen molar-refractivity contribution >= 4 is 33.7 Å². The molecule has 4 aromatic rings. The Morgan fingerprint density at radius 2 is 0.943 bits per heavy atom. The second-order valence-corrected chi connectivity index (χ2v) is 23.0. The van der Waals surface area contributed by atoms with E-state index in [0.29, 0.717) is 7.25 Å². The van der Waals surface area contributed by atoms with Gasteiger partial charge in [0.15, 0.2) is 0 Å². The second kappa shape index (κ2) is 8.73. The number of rotatable bonds is 2. The first-order chi connectivity index (χ1) is 16.0. The molecule has 1 heterocycles. The molecule has 35 heavy (non-hydrogen) atoms. The normalized spacial score (nSPS) is 26.2. The van der Waals surface area contributed by atoms with Crippen molar-refractivity contribution in [3.8, 4) is 0 Å². The Balaban J connectivity index is 0.00000127. The quantitative estimate of drug-likeness (QED) is 0.343. The van der Waals surface area contributed by atoms with Crippen molar-refractivity contribution in [1.82, 2.24) is 0 Å². The monoisotopic (exact) mass is 574 g/mol. The van der Waals surface area contributed by atoms with Gasteiger partial charge < -0.3 is 24.8 Å². The van der Waals surface area contributed by atoms with E-state index in [-0.39, 0.29) is 24.8 Å². The van der Waals surface area contributed by atoms with E-state index in [2.05, 4.69) is 113 Å². The van der Waals surface area contributed by atoms with Gasteiger partial charge in [-0.2, -0.15) is 0 Å². The van der Waals surface area contributed by atoms with Crippen LogP contribution >= 0.6 is 0 Å². The van der Waals surface area contributed by atoms with E-state index >= 15 is 0 Å². The average molecular weight is 577 g/mol. The van der Waals surface area contributed by atoms with Crippen LogP contribution in [-0.4, -0.2) is 0 Å². The molecule has 0 spiro atoms. The smallest absolute Gasteiger partial charge is 1.00 e. The Morgan fingerprint density at radius 1 is 0.543 bits per heavy atom. The van der Waals surface area contributed by atoms with Gasteiger partial charge in [-0.05, 0) is 0 Å². The van der Waals surface area contributed by atoms with E-state index in [1.807, 2.05) is 0 Å². The van der Waals surface area contributed by atoms with Crippen LogP contribution in [0.4, 0.5) is 0 Å². The maximum atomic E-state index is 2.60. The molecule has 0 saturated carbocycles. The molecule has 0 aromatic heterocycles. The van der Waals surface area contributed by atoms with E-state index in [4.69, 9.17) is 0 Å². The van der Waals surface area contributed by atoms with E-state index in [1.165, 1.54) is 32.7 Å². The maximum Gasteiger partial charge on any atom is -1.00 e. The van der Waals surface area contributed by atoms with Crippen LogP contribution in [0.2, 0.25) is 7.25 Å². The number of hydrogen-bond donors (Lipinski definition) is 0. The zero-order valence-electron chi connectivity index (χ0n) is 20.6. The molecule has 0 N–H and O–H groups in total. The van der Waals surface area contributed by atoms with Gasteiger partial charge in [0.25, 0.3) is 0 Å². The zero-order valence-corrected chi connectivity index (χ0v) is 24.6. The Bertz CT molecular complexity index is 1430. The summed E-state index contributed by atoms with van der Waals surface area (Å²) in [6.45, 7) is 10.1. The Labute approximate surface area is 225 Å². The van der Waals surface area contributed by atoms with Gasteiger partial charge in [0.2, 0.25) is 0 Å². The molecule has 3 heteroatoms. The van der Waals surface area contributed by atoms with Crippen LogP contribution < -0.4 is 24.8 Å². The van der Waals surface area contributed by atoms with Gasteiger partial charge in [-0.3, -0.25) is 0 Å². The minimum atomic E-state index is -2.74. The zero-order chi connectivity index (χ0) is 22.5. The molecule has 7 rings (SSSR count). The summed E-state index contributed by atoms with van der Waals surface area (Å²) < 4.78 is 3.18. The summed E-state index contributed by atoms with van der Waals surface area (Å²) in [7, 11) is 0. The maximum absolute atomic E-state index is 2.74. The van der Waals surface area contributed by atoms with Crippen LogP contribution in [0.15, 0.2) is 83.9 Å². The van der Waals surface area contributed by atoms with Gasteiger partial charge in [-0.1, -0.05) is 0 Å². The minimum Gasteiger partial charge on any atom is -1.00 e. The standard InChI is InChI=1S/2C14H11.C4H8.2ClH.Zr/c2*1-10-8-12-7-6-11-4-2-3-5-13(11)14(12)9-10;1-3-4-2;;;/h2*2-9H,1H3;3-4H,1-2H3;2*1H;/q;;;;;+2/p-2. The van der Waals surface area contributed by atoms with Crippen molar-refractivity contribution in [2.75, 3.05) is 0 Å². The number of hydrogen-bond acceptors (Lipinski definition) is 0. The Morgan fingerprint density at radius 3 is 1.34 bits per heavy atom. The molecule has 0 nitrogen and oxygen atoms in total. The van der Waals surface area contributed by atoms with Gasteiger partial charge in [0, 0.05) is 0 Å². The number of allylic oxidation sites excluding steroid dienone is 2. The number of halogens is 2. The molecule has 3 aliphatic rings. The predicted octanol–water partition coefficient (Wildman–Crippen LogP) is 3.40. The summed E-state index contributed by atoms with van der Waals surface area (Å²) >= 11 is -2.74. The molecular weight excluding hydrogens is 546 g/mol. The van der Waals surface area contributed by atoms with Crippen molar-refractivity contribution in [1.29, 1.82) is 0 Å². The fourth-order valence-corrected chi connectivity index (χ4v) is 29.0. The van der Waals surface area contributed by atoms with Crippen LogP contribution in [0.25, 0.3) is 33.7 Å². The third kappa shape index (κ3) is 3.21. The summed E-state index contributed by atoms with van der Waals surface area (Å²) in [4.78, 5) is 0. The van der Waals surface area contributed by atoms with Crippen LogP contribution in [0.1, 0.15) is 57.2 Å². The molecule has 1 fully saturated rings. The largest absolute Gasteiger partial charge is 1.00 e. The third-order valence-electron chi connectivity index (χ3n) is 9.50. The van der Waals surface area contributed by atoms with Crippen LogP contribution in [0.3, 0.4) is 0 Å². The average Bonchev–Trinajstić information content (AvgIpc) is 3.13. The van der Waals surface area contributed by atoms with E-state index in [9.17, 15) is 0 Å². The van der Waals surface area contributed by atoms with Gasteiger partial charge >= 0.3 is 202 Å². The fraction of sp³-hybridized carbons (Fsp3) is 0.250.